The van der Waals surface area contributed by atoms with Gasteiger partial charge in [0.15, 0.2) is 0 Å². The van der Waals surface area contributed by atoms with Gasteiger partial charge >= 0.3 is 6.09 Å². The minimum Gasteiger partial charge on any atom is -0.449 e. The maximum atomic E-state index is 14.4. The molecule has 3 aliphatic carbocycles. The summed E-state index contributed by atoms with van der Waals surface area (Å²) in [5.41, 5.74) is 3.57. The molecule has 1 saturated carbocycles. The molecule has 0 unspecified atom stereocenters. The van der Waals surface area contributed by atoms with Gasteiger partial charge in [-0.2, -0.15) is 5.26 Å². The Bertz CT molecular complexity index is 2290. The van der Waals surface area contributed by atoms with Crippen molar-refractivity contribution in [2.45, 2.75) is 51.6 Å². The first kappa shape index (κ1) is 33.3. The number of carbonyl (C=O) groups excluding carboxylic acids is 1. The SMILES string of the molecule is Cn1ccc2c([C@@H](c3cn(C45C=C(C4)C5)nn3)N(C(=O)OCCCO)c3cc(Cl)c4ncc(C#N)c(NCC(C)(C)C)c4c3)cccc2c1=O. The zero-order valence-electron chi connectivity index (χ0n) is 28.3. The Kier molecular flexibility index (Phi) is 8.36. The zero-order chi connectivity index (χ0) is 35.4. The highest BCUT2D eigenvalue weighted by Crippen LogP contribution is 2.55. The van der Waals surface area contributed by atoms with Gasteiger partial charge in [0, 0.05) is 49.8 Å². The number of ether oxygens (including phenoxy) is 1. The van der Waals surface area contributed by atoms with Crippen molar-refractivity contribution in [2.24, 2.45) is 12.5 Å². The molecule has 3 aromatic heterocycles. The van der Waals surface area contributed by atoms with Crippen LogP contribution in [0, 0.1) is 16.7 Å². The second-order valence-corrected chi connectivity index (χ2v) is 14.7. The smallest absolute Gasteiger partial charge is 0.415 e. The van der Waals surface area contributed by atoms with Crippen molar-refractivity contribution in [1.29, 1.82) is 5.26 Å². The fraction of sp³-hybridized carbons (Fsp3) is 0.351. The summed E-state index contributed by atoms with van der Waals surface area (Å²) in [5, 5.41) is 34.1. The van der Waals surface area contributed by atoms with Gasteiger partial charge in [-0.25, -0.2) is 9.48 Å². The Labute approximate surface area is 293 Å². The predicted octanol–water partition coefficient (Wildman–Crippen LogP) is 6.21. The van der Waals surface area contributed by atoms with Crippen molar-refractivity contribution in [3.8, 4) is 6.07 Å². The fourth-order valence-electron chi connectivity index (χ4n) is 6.64. The molecule has 1 fully saturated rings. The van der Waals surface area contributed by atoms with E-state index in [1.54, 1.807) is 37.5 Å². The number of fused-ring (bicyclic) bond motifs is 2. The number of rotatable bonds is 10. The number of amides is 1. The van der Waals surface area contributed by atoms with Gasteiger partial charge in [-0.05, 0) is 53.5 Å². The zero-order valence-corrected chi connectivity index (χ0v) is 29.0. The molecule has 3 aliphatic rings. The number of benzene rings is 2. The van der Waals surface area contributed by atoms with Crippen molar-refractivity contribution < 1.29 is 14.6 Å². The second kappa shape index (κ2) is 12.6. The molecular formula is C37H37ClN8O4. The maximum Gasteiger partial charge on any atom is 0.415 e. The van der Waals surface area contributed by atoms with Crippen molar-refractivity contribution in [3.05, 3.63) is 98.8 Å². The van der Waals surface area contributed by atoms with E-state index in [9.17, 15) is 20.0 Å². The molecule has 8 rings (SSSR count). The summed E-state index contributed by atoms with van der Waals surface area (Å²) >= 11 is 6.95. The molecule has 5 aromatic rings. The van der Waals surface area contributed by atoms with E-state index in [1.807, 2.05) is 23.0 Å². The van der Waals surface area contributed by atoms with Crippen LogP contribution < -0.4 is 15.8 Å². The number of aryl methyl sites for hydroxylation is 1. The molecule has 13 heteroatoms. The third-order valence-corrected chi connectivity index (χ3v) is 9.61. The van der Waals surface area contributed by atoms with E-state index in [0.717, 1.165) is 12.8 Å². The lowest BCUT2D eigenvalue weighted by Crippen LogP contribution is -2.49. The molecule has 3 heterocycles. The number of allylic oxidation sites excluding steroid dienone is 2. The number of hydrogen-bond donors (Lipinski definition) is 2. The third kappa shape index (κ3) is 5.76. The van der Waals surface area contributed by atoms with Crippen LogP contribution in [0.15, 0.2) is 71.4 Å². The number of hydrogen-bond acceptors (Lipinski definition) is 9. The average Bonchev–Trinajstić information content (AvgIpc) is 3.51. The molecule has 0 spiro atoms. The highest BCUT2D eigenvalue weighted by molar-refractivity contribution is 6.36. The molecule has 0 radical (unpaired) electrons. The fourth-order valence-corrected chi connectivity index (χ4v) is 6.90. The Balaban J connectivity index is 1.48. The molecule has 1 atom stereocenters. The number of aliphatic hydroxyl groups is 1. The number of nitrogens with zero attached hydrogens (tertiary/aromatic N) is 7. The molecular weight excluding hydrogens is 656 g/mol. The second-order valence-electron chi connectivity index (χ2n) is 14.2. The van der Waals surface area contributed by atoms with Crippen LogP contribution in [0.5, 0.6) is 0 Å². The van der Waals surface area contributed by atoms with Crippen LogP contribution in [0.2, 0.25) is 5.02 Å². The third-order valence-electron chi connectivity index (χ3n) is 9.32. The average molecular weight is 693 g/mol. The van der Waals surface area contributed by atoms with Crippen LogP contribution in [-0.2, 0) is 17.3 Å². The normalized spacial score (nSPS) is 15.1. The van der Waals surface area contributed by atoms with E-state index in [4.69, 9.17) is 16.3 Å². The number of pyridine rings is 2. The van der Waals surface area contributed by atoms with Gasteiger partial charge in [-0.3, -0.25) is 14.7 Å². The van der Waals surface area contributed by atoms with Gasteiger partial charge in [-0.1, -0.05) is 61.4 Å². The van der Waals surface area contributed by atoms with Crippen LogP contribution in [0.4, 0.5) is 16.2 Å². The van der Waals surface area contributed by atoms with Crippen molar-refractivity contribution in [1.82, 2.24) is 24.5 Å². The first-order valence-corrected chi connectivity index (χ1v) is 16.9. The van der Waals surface area contributed by atoms with Crippen LogP contribution >= 0.6 is 11.6 Å². The van der Waals surface area contributed by atoms with Crippen LogP contribution in [-0.4, -0.2) is 55.5 Å². The minimum absolute atomic E-state index is 0.0438. The minimum atomic E-state index is -0.937. The van der Waals surface area contributed by atoms with Crippen LogP contribution in [0.25, 0.3) is 21.7 Å². The molecule has 50 heavy (non-hydrogen) atoms. The number of halogens is 1. The number of carbonyl (C=O) groups is 1. The Hall–Kier alpha value is -5.25. The maximum absolute atomic E-state index is 14.4. The monoisotopic (exact) mass is 692 g/mol. The number of aliphatic hydroxyl groups excluding tert-OH is 1. The molecule has 2 N–H and O–H groups in total. The van der Waals surface area contributed by atoms with Crippen molar-refractivity contribution in [2.75, 3.05) is 30.0 Å². The van der Waals surface area contributed by atoms with E-state index in [2.05, 4.69) is 53.5 Å². The molecule has 256 valence electrons. The highest BCUT2D eigenvalue weighted by Gasteiger charge is 2.51. The van der Waals surface area contributed by atoms with E-state index in [1.165, 1.54) is 21.2 Å². The van der Waals surface area contributed by atoms with Gasteiger partial charge in [0.25, 0.3) is 5.56 Å². The quantitative estimate of drug-likeness (QED) is 0.129. The Morgan fingerprint density at radius 3 is 2.68 bits per heavy atom. The van der Waals surface area contributed by atoms with Gasteiger partial charge < -0.3 is 19.7 Å². The van der Waals surface area contributed by atoms with Crippen LogP contribution in [0.1, 0.15) is 62.9 Å². The summed E-state index contributed by atoms with van der Waals surface area (Å²) in [5.74, 6) is 0. The van der Waals surface area contributed by atoms with E-state index < -0.39 is 12.1 Å². The summed E-state index contributed by atoms with van der Waals surface area (Å²) in [4.78, 5) is 33.7. The van der Waals surface area contributed by atoms with Crippen molar-refractivity contribution in [3.63, 3.8) is 0 Å². The number of nitriles is 1. The van der Waals surface area contributed by atoms with Gasteiger partial charge in [0.05, 0.1) is 45.8 Å². The number of anilines is 2. The molecule has 1 amide bonds. The topological polar surface area (TPSA) is 151 Å². The molecule has 2 bridgehead atoms. The molecule has 2 aromatic carbocycles. The lowest BCUT2D eigenvalue weighted by molar-refractivity contribution is 0.140. The summed E-state index contributed by atoms with van der Waals surface area (Å²) in [6.45, 7) is 6.58. The first-order valence-electron chi connectivity index (χ1n) is 16.5. The van der Waals surface area contributed by atoms with Gasteiger partial charge in [0.1, 0.15) is 17.8 Å². The number of nitrogens with one attached hydrogen (secondary N) is 1. The van der Waals surface area contributed by atoms with Gasteiger partial charge in [-0.15, -0.1) is 5.10 Å². The summed E-state index contributed by atoms with van der Waals surface area (Å²) < 4.78 is 9.12. The Morgan fingerprint density at radius 2 is 2.00 bits per heavy atom. The molecule has 0 saturated heterocycles. The standard InChI is InChI=1S/C37H37ClN8O4/c1-36(2,3)21-41-31-23(18-39)19-40-32-28(31)13-24(14-29(32)38)46(35(49)50-12-6-11-47)33(30-20-45(43-42-30)37-15-22(16-37)17-37)26-7-5-8-27-25(26)9-10-44(4)34(27)48/h5,7-10,13-15,19-20,33,47H,6,11-12,16-17,21H2,1-4H3,(H,40,41)/t33-/m0/s1. The first-order chi connectivity index (χ1) is 23.9. The van der Waals surface area contributed by atoms with Crippen molar-refractivity contribution >= 4 is 50.7 Å². The van der Waals surface area contributed by atoms with E-state index in [-0.39, 0.29) is 41.2 Å². The summed E-state index contributed by atoms with van der Waals surface area (Å²) in [6.07, 6.45) is 8.50. The lowest BCUT2D eigenvalue weighted by Gasteiger charge is -2.51. The van der Waals surface area contributed by atoms with E-state index >= 15 is 0 Å². The summed E-state index contributed by atoms with van der Waals surface area (Å²) in [6, 6.07) is 11.9. The van der Waals surface area contributed by atoms with Gasteiger partial charge in [0.2, 0.25) is 0 Å². The molecule has 12 nitrogen and oxygen atoms in total. The predicted molar refractivity (Wildman–Crippen MR) is 191 cm³/mol. The lowest BCUT2D eigenvalue weighted by atomic mass is 9.60. The van der Waals surface area contributed by atoms with Crippen LogP contribution in [0.3, 0.4) is 0 Å². The van der Waals surface area contributed by atoms with E-state index in [0.29, 0.717) is 56.4 Å². The highest BCUT2D eigenvalue weighted by atomic mass is 35.5. The Morgan fingerprint density at radius 1 is 1.22 bits per heavy atom. The summed E-state index contributed by atoms with van der Waals surface area (Å²) in [7, 11) is 1.69. The largest absolute Gasteiger partial charge is 0.449 e. The molecule has 0 aliphatic heterocycles. The number of aromatic nitrogens is 5.